The van der Waals surface area contributed by atoms with Crippen molar-refractivity contribution in [1.82, 2.24) is 0 Å². The Hall–Kier alpha value is -1.54. The number of nitrogens with zero attached hydrogens (tertiary/aromatic N) is 1. The van der Waals surface area contributed by atoms with Crippen molar-refractivity contribution in [1.29, 1.82) is 0 Å². The zero-order chi connectivity index (χ0) is 17.5. The third-order valence-corrected chi connectivity index (χ3v) is 4.05. The van der Waals surface area contributed by atoms with E-state index in [1.807, 2.05) is 0 Å². The van der Waals surface area contributed by atoms with Crippen LogP contribution in [0, 0.1) is 0 Å². The molecule has 0 aliphatic carbocycles. The summed E-state index contributed by atoms with van der Waals surface area (Å²) in [5.74, 6) is -1.30. The third-order valence-electron chi connectivity index (χ3n) is 4.05. The zero-order valence-corrected chi connectivity index (χ0v) is 15.5. The summed E-state index contributed by atoms with van der Waals surface area (Å²) < 4.78 is 38.1. The molecule has 0 spiro atoms. The van der Waals surface area contributed by atoms with Crippen molar-refractivity contribution in [3.05, 3.63) is 59.2 Å². The van der Waals surface area contributed by atoms with E-state index in [2.05, 4.69) is 0 Å². The second-order valence-electron chi connectivity index (χ2n) is 5.71. The fraction of sp³-hybridized carbons (Fsp3) is 0.235. The minimum atomic E-state index is -4.41. The molecule has 25 heavy (non-hydrogen) atoms. The Morgan fingerprint density at radius 1 is 1.16 bits per heavy atom. The maximum Gasteiger partial charge on any atom is 1.00 e. The summed E-state index contributed by atoms with van der Waals surface area (Å²) in [4.78, 5) is 13.0. The number of fused-ring (bicyclic) bond motifs is 1. The molecule has 0 saturated heterocycles. The van der Waals surface area contributed by atoms with Gasteiger partial charge in [-0.1, -0.05) is 12.1 Å². The molecule has 2 aromatic rings. The molecule has 0 fully saturated rings. The first-order chi connectivity index (χ1) is 11.3. The summed E-state index contributed by atoms with van der Waals surface area (Å²) in [6, 6.07) is 9.13. The maximum atomic E-state index is 12.7. The van der Waals surface area contributed by atoms with E-state index in [-0.39, 0.29) is 41.2 Å². The summed E-state index contributed by atoms with van der Waals surface area (Å²) in [5, 5.41) is 11.3. The van der Waals surface area contributed by atoms with E-state index >= 15 is 0 Å². The number of nitrogens with two attached hydrogens (primary N) is 1. The van der Waals surface area contributed by atoms with Crippen LogP contribution in [0.4, 0.5) is 24.5 Å². The van der Waals surface area contributed by atoms with Crippen LogP contribution in [0.3, 0.4) is 0 Å². The number of carboxylic acids is 1. The number of alkyl halides is 3. The van der Waals surface area contributed by atoms with E-state index in [0.717, 1.165) is 12.1 Å². The Morgan fingerprint density at radius 2 is 1.80 bits per heavy atom. The molecule has 3 rings (SSSR count). The number of aromatic carboxylic acids is 1. The number of rotatable bonds is 2. The van der Waals surface area contributed by atoms with Gasteiger partial charge in [0.05, 0.1) is 11.5 Å². The van der Waals surface area contributed by atoms with Gasteiger partial charge in [-0.25, -0.2) is 0 Å². The van der Waals surface area contributed by atoms with Crippen LogP contribution >= 0.6 is 0 Å². The van der Waals surface area contributed by atoms with Crippen molar-refractivity contribution in [2.24, 2.45) is 5.73 Å². The van der Waals surface area contributed by atoms with Crippen molar-refractivity contribution in [3.63, 3.8) is 0 Å². The number of benzene rings is 2. The van der Waals surface area contributed by atoms with Crippen molar-refractivity contribution < 1.29 is 52.6 Å². The van der Waals surface area contributed by atoms with Gasteiger partial charge in [0, 0.05) is 29.5 Å². The molecule has 0 bridgehead atoms. The largest absolute Gasteiger partial charge is 1.00 e. The van der Waals surface area contributed by atoms with Gasteiger partial charge in [0.2, 0.25) is 0 Å². The van der Waals surface area contributed by atoms with Crippen LogP contribution in [0.2, 0.25) is 0 Å². The number of carbonyl (C=O) groups is 1. The van der Waals surface area contributed by atoms with Gasteiger partial charge in [-0.15, -0.1) is 0 Å². The van der Waals surface area contributed by atoms with Gasteiger partial charge in [0.15, 0.2) is 0 Å². The minimum absolute atomic E-state index is 0. The average molecular weight is 358 g/mol. The number of anilines is 2. The van der Waals surface area contributed by atoms with Gasteiger partial charge in [-0.2, -0.15) is 13.2 Å². The van der Waals surface area contributed by atoms with Gasteiger partial charge < -0.3 is 20.5 Å². The molecule has 0 amide bonds. The first kappa shape index (κ1) is 19.8. The predicted octanol–water partition coefficient (Wildman–Crippen LogP) is -0.906. The molecule has 2 N–H and O–H groups in total. The summed E-state index contributed by atoms with van der Waals surface area (Å²) in [6.45, 7) is 0.384. The summed E-state index contributed by atoms with van der Waals surface area (Å²) in [6.07, 6.45) is -4.03. The molecule has 0 saturated carbocycles. The molecule has 1 heterocycles. The molecule has 0 aromatic heterocycles. The summed E-state index contributed by atoms with van der Waals surface area (Å²) in [7, 11) is 0. The number of carbonyl (C=O) groups excluding carboxylic acids is 1. The SMILES string of the molecule is NC1Cc2c(C(=O)[O-])cccc2N(c2ccc(C(F)(F)F)cc2)C1.[Na+]. The Balaban J connectivity index is 0.00000225. The van der Waals surface area contributed by atoms with Gasteiger partial charge in [0.25, 0.3) is 0 Å². The fourth-order valence-electron chi connectivity index (χ4n) is 2.97. The van der Waals surface area contributed by atoms with E-state index in [9.17, 15) is 23.1 Å². The third kappa shape index (κ3) is 4.00. The predicted molar refractivity (Wildman–Crippen MR) is 80.9 cm³/mol. The molecule has 1 aliphatic rings. The molecule has 1 aliphatic heterocycles. The van der Waals surface area contributed by atoms with Crippen LogP contribution in [-0.4, -0.2) is 18.6 Å². The van der Waals surface area contributed by atoms with Crippen molar-refractivity contribution in [2.75, 3.05) is 11.4 Å². The molecule has 1 atom stereocenters. The number of hydrogen-bond donors (Lipinski definition) is 1. The van der Waals surface area contributed by atoms with Crippen LogP contribution < -0.4 is 45.3 Å². The van der Waals surface area contributed by atoms with Crippen molar-refractivity contribution >= 4 is 17.3 Å². The fourth-order valence-corrected chi connectivity index (χ4v) is 2.97. The summed E-state index contributed by atoms with van der Waals surface area (Å²) in [5.41, 5.74) is 7.01. The minimum Gasteiger partial charge on any atom is -0.545 e. The van der Waals surface area contributed by atoms with Gasteiger partial charge in [-0.3, -0.25) is 0 Å². The number of halogens is 3. The van der Waals surface area contributed by atoms with Gasteiger partial charge in [0.1, 0.15) is 0 Å². The first-order valence-corrected chi connectivity index (χ1v) is 7.31. The zero-order valence-electron chi connectivity index (χ0n) is 13.5. The normalized spacial score (nSPS) is 16.8. The van der Waals surface area contributed by atoms with Crippen LogP contribution in [-0.2, 0) is 12.6 Å². The van der Waals surface area contributed by atoms with Crippen LogP contribution in [0.1, 0.15) is 21.5 Å². The monoisotopic (exact) mass is 358 g/mol. The Morgan fingerprint density at radius 3 is 2.36 bits per heavy atom. The number of hydrogen-bond acceptors (Lipinski definition) is 4. The second kappa shape index (κ2) is 7.37. The van der Waals surface area contributed by atoms with E-state index in [4.69, 9.17) is 5.73 Å². The molecule has 126 valence electrons. The quantitative estimate of drug-likeness (QED) is 0.706. The number of carboxylic acid groups (broad SMARTS) is 1. The molecule has 8 heteroatoms. The van der Waals surface area contributed by atoms with Crippen molar-refractivity contribution in [3.8, 4) is 0 Å². The Kier molecular flexibility index (Phi) is 5.83. The van der Waals surface area contributed by atoms with Gasteiger partial charge in [-0.05, 0) is 42.3 Å². The molecule has 0 radical (unpaired) electrons. The molecular weight excluding hydrogens is 344 g/mol. The Bertz CT molecular complexity index is 778. The van der Waals surface area contributed by atoms with E-state index in [0.29, 0.717) is 29.9 Å². The topological polar surface area (TPSA) is 69.4 Å². The van der Waals surface area contributed by atoms with E-state index < -0.39 is 17.7 Å². The molecule has 4 nitrogen and oxygen atoms in total. The van der Waals surface area contributed by atoms with E-state index in [1.54, 1.807) is 17.0 Å². The first-order valence-electron chi connectivity index (χ1n) is 7.31. The maximum absolute atomic E-state index is 12.7. The van der Waals surface area contributed by atoms with Gasteiger partial charge >= 0.3 is 35.7 Å². The molecule has 2 aromatic carbocycles. The summed E-state index contributed by atoms with van der Waals surface area (Å²) >= 11 is 0. The Labute approximate surface area is 164 Å². The smallest absolute Gasteiger partial charge is 0.545 e. The average Bonchev–Trinajstić information content (AvgIpc) is 2.52. The van der Waals surface area contributed by atoms with Crippen LogP contribution in [0.25, 0.3) is 0 Å². The van der Waals surface area contributed by atoms with Crippen LogP contribution in [0.5, 0.6) is 0 Å². The molecule has 1 unspecified atom stereocenters. The second-order valence-corrected chi connectivity index (χ2v) is 5.71. The molecular formula is C17H14F3N2NaO2. The standard InChI is InChI=1S/C17H15F3N2O2.Na/c18-17(19,20)10-4-6-12(7-5-10)22-9-11(21)8-14-13(16(23)24)2-1-3-15(14)22;/h1-7,11H,8-9,21H2,(H,23,24);/q;+1/p-1. The van der Waals surface area contributed by atoms with Crippen molar-refractivity contribution in [2.45, 2.75) is 18.6 Å². The van der Waals surface area contributed by atoms with E-state index in [1.165, 1.54) is 18.2 Å². The van der Waals surface area contributed by atoms with Crippen LogP contribution in [0.15, 0.2) is 42.5 Å².